The number of anilines is 1. The first-order valence-electron chi connectivity index (χ1n) is 10.7. The molecule has 30 heavy (non-hydrogen) atoms. The molecule has 0 N–H and O–H groups in total. The summed E-state index contributed by atoms with van der Waals surface area (Å²) in [6.45, 7) is 4.17. The second-order valence-electron chi connectivity index (χ2n) is 8.28. The lowest BCUT2D eigenvalue weighted by molar-refractivity contribution is 0.183. The average Bonchev–Trinajstić information content (AvgIpc) is 3.45. The SMILES string of the molecule is Fc1ccc(-c2ccn([C@@H]3CC[C@H](N4CCN(c5ccccc5Cl)CC4)C3)n2)cc1. The van der Waals surface area contributed by atoms with Gasteiger partial charge >= 0.3 is 0 Å². The molecular weight excluding hydrogens is 399 g/mol. The number of rotatable bonds is 4. The van der Waals surface area contributed by atoms with Crippen molar-refractivity contribution in [3.05, 3.63) is 71.6 Å². The van der Waals surface area contributed by atoms with E-state index in [1.807, 2.05) is 18.2 Å². The molecular formula is C24H26ClFN4. The van der Waals surface area contributed by atoms with Crippen molar-refractivity contribution < 1.29 is 4.39 Å². The number of hydrogen-bond donors (Lipinski definition) is 0. The zero-order valence-electron chi connectivity index (χ0n) is 16.9. The second-order valence-corrected chi connectivity index (χ2v) is 8.69. The molecule has 4 nitrogen and oxygen atoms in total. The van der Waals surface area contributed by atoms with Crippen molar-refractivity contribution in [1.82, 2.24) is 14.7 Å². The molecule has 5 rings (SSSR count). The van der Waals surface area contributed by atoms with Crippen LogP contribution in [0.2, 0.25) is 5.02 Å². The maximum atomic E-state index is 13.2. The van der Waals surface area contributed by atoms with Crippen molar-refractivity contribution in [2.75, 3.05) is 31.1 Å². The van der Waals surface area contributed by atoms with E-state index in [-0.39, 0.29) is 5.82 Å². The van der Waals surface area contributed by atoms with E-state index in [9.17, 15) is 4.39 Å². The van der Waals surface area contributed by atoms with Crippen molar-refractivity contribution in [3.63, 3.8) is 0 Å². The Bertz CT molecular complexity index is 994. The third kappa shape index (κ3) is 3.96. The molecule has 2 aliphatic rings. The molecule has 6 heteroatoms. The summed E-state index contributed by atoms with van der Waals surface area (Å²) in [5.41, 5.74) is 3.01. The van der Waals surface area contributed by atoms with Crippen molar-refractivity contribution in [2.24, 2.45) is 0 Å². The highest BCUT2D eigenvalue weighted by Crippen LogP contribution is 2.35. The summed E-state index contributed by atoms with van der Waals surface area (Å²) < 4.78 is 15.3. The van der Waals surface area contributed by atoms with Crippen LogP contribution >= 0.6 is 11.6 Å². The highest BCUT2D eigenvalue weighted by Gasteiger charge is 2.32. The minimum atomic E-state index is -0.216. The molecule has 0 unspecified atom stereocenters. The molecule has 3 aromatic rings. The molecule has 156 valence electrons. The standard InChI is InChI=1S/C24H26ClFN4/c25-22-3-1-2-4-24(22)29-15-13-28(14-16-29)20-9-10-21(17-20)30-12-11-23(27-30)18-5-7-19(26)8-6-18/h1-8,11-12,20-21H,9-10,13-17H2/t20-,21+/m0/s1. The lowest BCUT2D eigenvalue weighted by atomic mass is 10.1. The first-order valence-corrected chi connectivity index (χ1v) is 11.1. The van der Waals surface area contributed by atoms with E-state index in [0.717, 1.165) is 61.0 Å². The Hall–Kier alpha value is -2.37. The Balaban J connectivity index is 1.19. The molecule has 2 atom stereocenters. The van der Waals surface area contributed by atoms with Crippen LogP contribution in [0.15, 0.2) is 60.8 Å². The van der Waals surface area contributed by atoms with Crippen LogP contribution < -0.4 is 4.90 Å². The minimum absolute atomic E-state index is 0.216. The van der Waals surface area contributed by atoms with E-state index in [0.29, 0.717) is 12.1 Å². The normalized spacial score (nSPS) is 22.5. The Morgan fingerprint density at radius 2 is 1.60 bits per heavy atom. The molecule has 1 saturated carbocycles. The Labute approximate surface area is 181 Å². The molecule has 1 saturated heterocycles. The van der Waals surface area contributed by atoms with E-state index in [2.05, 4.69) is 32.8 Å². The third-order valence-electron chi connectivity index (χ3n) is 6.52. The zero-order chi connectivity index (χ0) is 20.5. The largest absolute Gasteiger partial charge is 0.368 e. The van der Waals surface area contributed by atoms with Gasteiger partial charge < -0.3 is 4.90 Å². The molecule has 1 aliphatic carbocycles. The van der Waals surface area contributed by atoms with E-state index < -0.39 is 0 Å². The van der Waals surface area contributed by atoms with Crippen LogP contribution in [0, 0.1) is 5.82 Å². The number of piperazine rings is 1. The average molecular weight is 425 g/mol. The van der Waals surface area contributed by atoms with Gasteiger partial charge in [-0.15, -0.1) is 0 Å². The fourth-order valence-electron chi connectivity index (χ4n) is 4.86. The van der Waals surface area contributed by atoms with Crippen LogP contribution in [0.4, 0.5) is 10.1 Å². The van der Waals surface area contributed by atoms with Crippen LogP contribution in [0.3, 0.4) is 0 Å². The predicted molar refractivity (Wildman–Crippen MR) is 120 cm³/mol. The number of halogens is 2. The first-order chi connectivity index (χ1) is 14.7. The summed E-state index contributed by atoms with van der Waals surface area (Å²) >= 11 is 6.38. The summed E-state index contributed by atoms with van der Waals surface area (Å²) in [6.07, 6.45) is 5.57. The van der Waals surface area contributed by atoms with Crippen LogP contribution in [0.5, 0.6) is 0 Å². The van der Waals surface area contributed by atoms with E-state index >= 15 is 0 Å². The number of hydrogen-bond acceptors (Lipinski definition) is 3. The summed E-state index contributed by atoms with van der Waals surface area (Å²) in [4.78, 5) is 5.03. The fraction of sp³-hybridized carbons (Fsp3) is 0.375. The van der Waals surface area contributed by atoms with Crippen molar-refractivity contribution >= 4 is 17.3 Å². The van der Waals surface area contributed by atoms with Gasteiger partial charge in [0.1, 0.15) is 5.82 Å². The fourth-order valence-corrected chi connectivity index (χ4v) is 5.11. The van der Waals surface area contributed by atoms with Gasteiger partial charge in [-0.05, 0) is 61.7 Å². The quantitative estimate of drug-likeness (QED) is 0.571. The topological polar surface area (TPSA) is 24.3 Å². The van der Waals surface area contributed by atoms with Crippen LogP contribution in [0.1, 0.15) is 25.3 Å². The molecule has 0 amide bonds. The molecule has 1 aromatic heterocycles. The lowest BCUT2D eigenvalue weighted by Gasteiger charge is -2.39. The Morgan fingerprint density at radius 3 is 2.37 bits per heavy atom. The predicted octanol–water partition coefficient (Wildman–Crippen LogP) is 5.26. The van der Waals surface area contributed by atoms with E-state index in [1.165, 1.54) is 18.6 Å². The van der Waals surface area contributed by atoms with Gasteiger partial charge in [-0.2, -0.15) is 5.10 Å². The van der Waals surface area contributed by atoms with Gasteiger partial charge in [0, 0.05) is 44.0 Å². The summed E-state index contributed by atoms with van der Waals surface area (Å²) in [6, 6.07) is 17.8. The molecule has 2 aromatic carbocycles. The molecule has 2 fully saturated rings. The Morgan fingerprint density at radius 1 is 0.867 bits per heavy atom. The molecule has 1 aliphatic heterocycles. The van der Waals surface area contributed by atoms with Gasteiger partial charge in [-0.25, -0.2) is 4.39 Å². The minimum Gasteiger partial charge on any atom is -0.368 e. The van der Waals surface area contributed by atoms with Gasteiger partial charge in [-0.3, -0.25) is 9.58 Å². The Kier molecular flexibility index (Phi) is 5.48. The van der Waals surface area contributed by atoms with Gasteiger partial charge in [0.05, 0.1) is 22.4 Å². The molecule has 0 spiro atoms. The zero-order valence-corrected chi connectivity index (χ0v) is 17.7. The number of aromatic nitrogens is 2. The number of para-hydroxylation sites is 1. The first kappa shape index (κ1) is 19.6. The maximum Gasteiger partial charge on any atom is 0.123 e. The van der Waals surface area contributed by atoms with Gasteiger partial charge in [0.25, 0.3) is 0 Å². The van der Waals surface area contributed by atoms with Gasteiger partial charge in [0.2, 0.25) is 0 Å². The number of benzene rings is 2. The van der Waals surface area contributed by atoms with E-state index in [4.69, 9.17) is 16.7 Å². The van der Waals surface area contributed by atoms with Gasteiger partial charge in [0.15, 0.2) is 0 Å². The van der Waals surface area contributed by atoms with Crippen molar-refractivity contribution in [3.8, 4) is 11.3 Å². The second kappa shape index (κ2) is 8.40. The highest BCUT2D eigenvalue weighted by molar-refractivity contribution is 6.33. The van der Waals surface area contributed by atoms with Crippen molar-refractivity contribution in [1.29, 1.82) is 0 Å². The summed E-state index contributed by atoms with van der Waals surface area (Å²) in [5.74, 6) is -0.216. The summed E-state index contributed by atoms with van der Waals surface area (Å²) in [5, 5.41) is 5.62. The van der Waals surface area contributed by atoms with E-state index in [1.54, 1.807) is 12.1 Å². The molecule has 0 bridgehead atoms. The molecule has 0 radical (unpaired) electrons. The lowest BCUT2D eigenvalue weighted by Crippen LogP contribution is -2.49. The molecule has 2 heterocycles. The maximum absolute atomic E-state index is 13.2. The van der Waals surface area contributed by atoms with Crippen molar-refractivity contribution in [2.45, 2.75) is 31.3 Å². The number of nitrogens with zero attached hydrogens (tertiary/aromatic N) is 4. The monoisotopic (exact) mass is 424 g/mol. The third-order valence-corrected chi connectivity index (χ3v) is 6.84. The van der Waals surface area contributed by atoms with Crippen LogP contribution in [0.25, 0.3) is 11.3 Å². The smallest absolute Gasteiger partial charge is 0.123 e. The van der Waals surface area contributed by atoms with Gasteiger partial charge in [-0.1, -0.05) is 23.7 Å². The summed E-state index contributed by atoms with van der Waals surface area (Å²) in [7, 11) is 0. The highest BCUT2D eigenvalue weighted by atomic mass is 35.5. The van der Waals surface area contributed by atoms with Crippen LogP contribution in [-0.2, 0) is 0 Å². The van der Waals surface area contributed by atoms with Crippen LogP contribution in [-0.4, -0.2) is 46.9 Å².